The van der Waals surface area contributed by atoms with Gasteiger partial charge in [0.15, 0.2) is 0 Å². The van der Waals surface area contributed by atoms with Gasteiger partial charge in [-0.05, 0) is 43.4 Å². The van der Waals surface area contributed by atoms with Crippen LogP contribution in [0, 0.1) is 11.3 Å². The summed E-state index contributed by atoms with van der Waals surface area (Å²) >= 11 is 0. The van der Waals surface area contributed by atoms with Gasteiger partial charge >= 0.3 is 7.60 Å². The molecular formula is C12H25O3P. The van der Waals surface area contributed by atoms with Crippen molar-refractivity contribution in [2.45, 2.75) is 65.0 Å². The molecule has 1 aliphatic carbocycles. The molecule has 2 N–H and O–H groups in total. The number of hydrogen-bond acceptors (Lipinski definition) is 1. The van der Waals surface area contributed by atoms with E-state index in [2.05, 4.69) is 20.8 Å². The number of hydrogen-bond donors (Lipinski definition) is 2. The van der Waals surface area contributed by atoms with E-state index in [1.165, 1.54) is 12.8 Å². The topological polar surface area (TPSA) is 57.5 Å². The van der Waals surface area contributed by atoms with Crippen molar-refractivity contribution in [2.24, 2.45) is 11.3 Å². The van der Waals surface area contributed by atoms with E-state index in [4.69, 9.17) is 9.79 Å². The van der Waals surface area contributed by atoms with Crippen LogP contribution in [-0.4, -0.2) is 15.4 Å². The lowest BCUT2D eigenvalue weighted by Gasteiger charge is -2.39. The second-order valence-corrected chi connectivity index (χ2v) is 7.74. The van der Waals surface area contributed by atoms with Gasteiger partial charge in [-0.1, -0.05) is 27.2 Å². The molecule has 1 saturated carbocycles. The van der Waals surface area contributed by atoms with Gasteiger partial charge in [0.05, 0.1) is 5.66 Å². The van der Waals surface area contributed by atoms with Gasteiger partial charge in [-0.15, -0.1) is 0 Å². The summed E-state index contributed by atoms with van der Waals surface area (Å²) in [5.74, 6) is 0.634. The third-order valence-corrected chi connectivity index (χ3v) is 5.64. The Labute approximate surface area is 98.8 Å². The Kier molecular flexibility index (Phi) is 4.62. The molecule has 0 heterocycles. The normalized spacial score (nSPS) is 28.1. The Balaban J connectivity index is 2.52. The predicted molar refractivity (Wildman–Crippen MR) is 66.5 cm³/mol. The minimum Gasteiger partial charge on any atom is -0.324 e. The Morgan fingerprint density at radius 2 is 1.69 bits per heavy atom. The molecule has 4 heteroatoms. The Morgan fingerprint density at radius 3 is 2.06 bits per heavy atom. The smallest absolute Gasteiger partial charge is 0.324 e. The predicted octanol–water partition coefficient (Wildman–Crippen LogP) is 3.55. The molecule has 3 nitrogen and oxygen atoms in total. The van der Waals surface area contributed by atoms with Crippen molar-refractivity contribution >= 4 is 7.60 Å². The molecule has 0 aliphatic heterocycles. The molecule has 0 bridgehead atoms. The largest absolute Gasteiger partial charge is 0.328 e. The molecule has 1 fully saturated rings. The zero-order valence-electron chi connectivity index (χ0n) is 10.6. The number of rotatable bonds is 4. The zero-order valence-corrected chi connectivity index (χ0v) is 11.5. The molecule has 0 aromatic heterocycles. The summed E-state index contributed by atoms with van der Waals surface area (Å²) in [5, 5.41) is 0. The lowest BCUT2D eigenvalue weighted by molar-refractivity contribution is 0.142. The Morgan fingerprint density at radius 1 is 1.19 bits per heavy atom. The summed E-state index contributed by atoms with van der Waals surface area (Å²) in [6, 6.07) is 0. The fourth-order valence-electron chi connectivity index (χ4n) is 3.04. The van der Waals surface area contributed by atoms with Gasteiger partial charge in [0.1, 0.15) is 0 Å². The van der Waals surface area contributed by atoms with Crippen molar-refractivity contribution in [2.75, 3.05) is 0 Å². The molecular weight excluding hydrogens is 223 g/mol. The van der Waals surface area contributed by atoms with Crippen LogP contribution in [0.4, 0.5) is 0 Å². The molecule has 0 saturated heterocycles. The highest BCUT2D eigenvalue weighted by atomic mass is 31.2. The maximum absolute atomic E-state index is 11.2. The molecule has 0 unspecified atom stereocenters. The van der Waals surface area contributed by atoms with Crippen LogP contribution in [-0.2, 0) is 4.57 Å². The monoisotopic (exact) mass is 248 g/mol. The van der Waals surface area contributed by atoms with Crippen LogP contribution in [0.1, 0.15) is 59.3 Å². The molecule has 0 aromatic rings. The van der Waals surface area contributed by atoms with Gasteiger partial charge in [-0.3, -0.25) is 4.57 Å². The van der Waals surface area contributed by atoms with E-state index in [-0.39, 0.29) is 5.66 Å². The maximum Gasteiger partial charge on any atom is 0.328 e. The Bertz CT molecular complexity index is 261. The molecule has 0 spiro atoms. The quantitative estimate of drug-likeness (QED) is 0.748. The van der Waals surface area contributed by atoms with E-state index in [1.54, 1.807) is 0 Å². The second-order valence-electron chi connectivity index (χ2n) is 5.83. The fraction of sp³-hybridized carbons (Fsp3) is 1.00. The van der Waals surface area contributed by atoms with Gasteiger partial charge in [0.25, 0.3) is 0 Å². The average Bonchev–Trinajstić information content (AvgIpc) is 2.16. The third kappa shape index (κ3) is 3.58. The fourth-order valence-corrected chi connectivity index (χ4v) is 4.01. The summed E-state index contributed by atoms with van der Waals surface area (Å²) in [4.78, 5) is 18.3. The van der Waals surface area contributed by atoms with Crippen molar-refractivity contribution in [3.05, 3.63) is 0 Å². The molecule has 0 atom stereocenters. The van der Waals surface area contributed by atoms with Crippen LogP contribution in [0.25, 0.3) is 0 Å². The van der Waals surface area contributed by atoms with E-state index >= 15 is 0 Å². The molecule has 16 heavy (non-hydrogen) atoms. The van der Waals surface area contributed by atoms with Crippen LogP contribution in [0.3, 0.4) is 0 Å². The molecule has 96 valence electrons. The van der Waals surface area contributed by atoms with Crippen LogP contribution in [0.5, 0.6) is 0 Å². The lowest BCUT2D eigenvalue weighted by Crippen LogP contribution is -2.30. The average molecular weight is 248 g/mol. The minimum absolute atomic E-state index is 0.328. The SMILES string of the molecule is CCCC(C)(C)C1CCC(P(=O)(O)O)CC1. The standard InChI is InChI=1S/C12H25O3P/c1-4-9-12(2,3)10-5-7-11(8-6-10)16(13,14)15/h10-11H,4-9H2,1-3H3,(H2,13,14,15). The maximum atomic E-state index is 11.2. The molecule has 1 aliphatic rings. The van der Waals surface area contributed by atoms with Crippen LogP contribution < -0.4 is 0 Å². The first-order valence-electron chi connectivity index (χ1n) is 6.32. The van der Waals surface area contributed by atoms with Gasteiger partial charge in [-0.25, -0.2) is 0 Å². The molecule has 1 rings (SSSR count). The van der Waals surface area contributed by atoms with Crippen molar-refractivity contribution in [3.8, 4) is 0 Å². The van der Waals surface area contributed by atoms with E-state index in [9.17, 15) is 4.57 Å². The van der Waals surface area contributed by atoms with Gasteiger partial charge in [-0.2, -0.15) is 0 Å². The molecule has 0 aromatic carbocycles. The van der Waals surface area contributed by atoms with Gasteiger partial charge < -0.3 is 9.79 Å². The first-order chi connectivity index (χ1) is 7.27. The van der Waals surface area contributed by atoms with E-state index in [0.717, 1.165) is 12.8 Å². The van der Waals surface area contributed by atoms with Gasteiger partial charge in [0, 0.05) is 0 Å². The van der Waals surface area contributed by atoms with E-state index < -0.39 is 7.60 Å². The van der Waals surface area contributed by atoms with E-state index in [0.29, 0.717) is 24.2 Å². The summed E-state index contributed by atoms with van der Waals surface area (Å²) in [6.45, 7) is 6.78. The Hall–Kier alpha value is 0.150. The van der Waals surface area contributed by atoms with Gasteiger partial charge in [0.2, 0.25) is 0 Å². The highest BCUT2D eigenvalue weighted by molar-refractivity contribution is 7.52. The zero-order chi connectivity index (χ0) is 12.4. The van der Waals surface area contributed by atoms with Crippen LogP contribution in [0.2, 0.25) is 0 Å². The summed E-state index contributed by atoms with van der Waals surface area (Å²) in [7, 11) is -3.84. The molecule has 0 amide bonds. The van der Waals surface area contributed by atoms with Crippen molar-refractivity contribution in [1.82, 2.24) is 0 Å². The van der Waals surface area contributed by atoms with Crippen molar-refractivity contribution in [3.63, 3.8) is 0 Å². The lowest BCUT2D eigenvalue weighted by atomic mass is 9.69. The van der Waals surface area contributed by atoms with Crippen molar-refractivity contribution < 1.29 is 14.4 Å². The first-order valence-corrected chi connectivity index (χ1v) is 8.00. The summed E-state index contributed by atoms with van der Waals surface area (Å²) < 4.78 is 11.2. The van der Waals surface area contributed by atoms with Crippen LogP contribution >= 0.6 is 7.60 Å². The van der Waals surface area contributed by atoms with Crippen molar-refractivity contribution in [1.29, 1.82) is 0 Å². The highest BCUT2D eigenvalue weighted by Gasteiger charge is 2.37. The first kappa shape index (κ1) is 14.2. The minimum atomic E-state index is -3.84. The van der Waals surface area contributed by atoms with Crippen LogP contribution in [0.15, 0.2) is 0 Å². The third-order valence-electron chi connectivity index (χ3n) is 4.17. The summed E-state index contributed by atoms with van der Waals surface area (Å²) in [5.41, 5.74) is -0.0459. The second kappa shape index (κ2) is 5.20. The highest BCUT2D eigenvalue weighted by Crippen LogP contribution is 2.52. The summed E-state index contributed by atoms with van der Waals surface area (Å²) in [6.07, 6.45) is 5.74. The van der Waals surface area contributed by atoms with E-state index in [1.807, 2.05) is 0 Å². The molecule has 0 radical (unpaired) electrons.